The lowest BCUT2D eigenvalue weighted by Gasteiger charge is -2.25. The highest BCUT2D eigenvalue weighted by atomic mass is 35.5. The van der Waals surface area contributed by atoms with Crippen molar-refractivity contribution in [2.45, 2.75) is 19.3 Å². The van der Waals surface area contributed by atoms with Crippen molar-refractivity contribution in [2.24, 2.45) is 0 Å². The summed E-state index contributed by atoms with van der Waals surface area (Å²) in [6.07, 6.45) is 0. The zero-order valence-corrected chi connectivity index (χ0v) is 13.2. The van der Waals surface area contributed by atoms with E-state index in [9.17, 15) is 9.18 Å². The second-order valence-electron chi connectivity index (χ2n) is 5.68. The van der Waals surface area contributed by atoms with Crippen LogP contribution < -0.4 is 10.6 Å². The van der Waals surface area contributed by atoms with Crippen molar-refractivity contribution in [2.75, 3.05) is 11.9 Å². The Morgan fingerprint density at radius 2 is 1.77 bits per heavy atom. The molecule has 22 heavy (non-hydrogen) atoms. The van der Waals surface area contributed by atoms with Gasteiger partial charge in [-0.05, 0) is 29.8 Å². The van der Waals surface area contributed by atoms with Crippen LogP contribution in [0.4, 0.5) is 14.9 Å². The molecule has 2 aromatic carbocycles. The monoisotopic (exact) mass is 320 g/mol. The summed E-state index contributed by atoms with van der Waals surface area (Å²) in [6, 6.07) is 13.1. The number of hydrogen-bond donors (Lipinski definition) is 2. The number of anilines is 1. The highest BCUT2D eigenvalue weighted by Crippen LogP contribution is 2.24. The number of carbonyl (C=O) groups excluding carboxylic acids is 1. The summed E-state index contributed by atoms with van der Waals surface area (Å²) in [4.78, 5) is 11.9. The van der Waals surface area contributed by atoms with Crippen LogP contribution in [0.2, 0.25) is 5.02 Å². The molecule has 116 valence electrons. The highest BCUT2D eigenvalue weighted by molar-refractivity contribution is 6.30. The molecule has 0 aliphatic rings. The predicted octanol–water partition coefficient (Wildman–Crippen LogP) is 4.58. The zero-order chi connectivity index (χ0) is 16.2. The molecule has 0 saturated carbocycles. The molecule has 0 bridgehead atoms. The van der Waals surface area contributed by atoms with Crippen molar-refractivity contribution >= 4 is 23.3 Å². The van der Waals surface area contributed by atoms with Crippen molar-refractivity contribution in [3.63, 3.8) is 0 Å². The maximum atomic E-state index is 13.5. The van der Waals surface area contributed by atoms with Gasteiger partial charge in [-0.3, -0.25) is 0 Å². The van der Waals surface area contributed by atoms with Crippen molar-refractivity contribution in [3.05, 3.63) is 64.9 Å². The Kier molecular flexibility index (Phi) is 5.03. The normalized spacial score (nSPS) is 11.1. The number of benzene rings is 2. The fourth-order valence-corrected chi connectivity index (χ4v) is 2.16. The molecule has 2 rings (SSSR count). The van der Waals surface area contributed by atoms with Gasteiger partial charge < -0.3 is 10.6 Å². The molecule has 0 aliphatic carbocycles. The fraction of sp³-hybridized carbons (Fsp3) is 0.235. The van der Waals surface area contributed by atoms with E-state index in [-0.39, 0.29) is 11.1 Å². The number of rotatable bonds is 4. The summed E-state index contributed by atoms with van der Waals surface area (Å²) < 4.78 is 13.5. The Balaban J connectivity index is 1.95. The standard InChI is InChI=1S/C17H18ClFN2O/c1-17(2,12-7-9-13(18)10-8-12)11-20-16(22)21-15-6-4-3-5-14(15)19/h3-10H,11H2,1-2H3,(H2,20,21,22). The van der Waals surface area contributed by atoms with E-state index < -0.39 is 11.8 Å². The Bertz CT molecular complexity index is 656. The summed E-state index contributed by atoms with van der Waals surface area (Å²) >= 11 is 5.88. The lowest BCUT2D eigenvalue weighted by atomic mass is 9.85. The van der Waals surface area contributed by atoms with Crippen LogP contribution in [0.1, 0.15) is 19.4 Å². The van der Waals surface area contributed by atoms with Gasteiger partial charge in [0, 0.05) is 17.0 Å². The molecule has 2 amide bonds. The lowest BCUT2D eigenvalue weighted by Crippen LogP contribution is -2.39. The number of para-hydroxylation sites is 1. The van der Waals surface area contributed by atoms with E-state index in [4.69, 9.17) is 11.6 Å². The molecule has 0 aliphatic heterocycles. The first-order chi connectivity index (χ1) is 10.4. The number of hydrogen-bond acceptors (Lipinski definition) is 1. The summed E-state index contributed by atoms with van der Waals surface area (Å²) in [7, 11) is 0. The molecule has 0 heterocycles. The highest BCUT2D eigenvalue weighted by Gasteiger charge is 2.21. The van der Waals surface area contributed by atoms with Gasteiger partial charge in [0.1, 0.15) is 5.82 Å². The molecule has 0 atom stereocenters. The average molecular weight is 321 g/mol. The Labute approximate surface area is 134 Å². The molecule has 5 heteroatoms. The van der Waals surface area contributed by atoms with Crippen LogP contribution in [0.3, 0.4) is 0 Å². The summed E-state index contributed by atoms with van der Waals surface area (Å²) in [5, 5.41) is 5.93. The number of amides is 2. The number of nitrogens with one attached hydrogen (secondary N) is 2. The molecule has 0 unspecified atom stereocenters. The van der Waals surface area contributed by atoms with E-state index >= 15 is 0 Å². The Morgan fingerprint density at radius 1 is 1.14 bits per heavy atom. The van der Waals surface area contributed by atoms with Crippen LogP contribution in [-0.4, -0.2) is 12.6 Å². The van der Waals surface area contributed by atoms with E-state index in [2.05, 4.69) is 10.6 Å². The van der Waals surface area contributed by atoms with Gasteiger partial charge in [0.2, 0.25) is 0 Å². The van der Waals surface area contributed by atoms with Gasteiger partial charge in [0.15, 0.2) is 0 Å². The minimum atomic E-state index is -0.463. The van der Waals surface area contributed by atoms with Gasteiger partial charge in [-0.1, -0.05) is 49.7 Å². The number of urea groups is 1. The number of halogens is 2. The van der Waals surface area contributed by atoms with Crippen LogP contribution in [-0.2, 0) is 5.41 Å². The van der Waals surface area contributed by atoms with Gasteiger partial charge in [-0.25, -0.2) is 9.18 Å². The molecule has 0 saturated heterocycles. The lowest BCUT2D eigenvalue weighted by molar-refractivity contribution is 0.249. The third kappa shape index (κ3) is 4.21. The Hall–Kier alpha value is -2.07. The van der Waals surface area contributed by atoms with E-state index in [0.29, 0.717) is 11.6 Å². The molecule has 0 aromatic heterocycles. The van der Waals surface area contributed by atoms with Gasteiger partial charge in [-0.15, -0.1) is 0 Å². The first-order valence-corrected chi connectivity index (χ1v) is 7.32. The first kappa shape index (κ1) is 16.3. The molecule has 0 radical (unpaired) electrons. The van der Waals surface area contributed by atoms with E-state index in [1.807, 2.05) is 38.1 Å². The summed E-state index contributed by atoms with van der Waals surface area (Å²) in [6.45, 7) is 4.44. The summed E-state index contributed by atoms with van der Waals surface area (Å²) in [5.74, 6) is -0.463. The molecule has 3 nitrogen and oxygen atoms in total. The van der Waals surface area contributed by atoms with Crippen LogP contribution in [0.5, 0.6) is 0 Å². The van der Waals surface area contributed by atoms with Crippen molar-refractivity contribution in [1.29, 1.82) is 0 Å². The SMILES string of the molecule is CC(C)(CNC(=O)Nc1ccccc1F)c1ccc(Cl)cc1. The molecule has 0 spiro atoms. The molecule has 0 fully saturated rings. The van der Waals surface area contributed by atoms with Gasteiger partial charge >= 0.3 is 6.03 Å². The minimum absolute atomic E-state index is 0.157. The average Bonchev–Trinajstić information content (AvgIpc) is 2.48. The predicted molar refractivity (Wildman–Crippen MR) is 87.9 cm³/mol. The topological polar surface area (TPSA) is 41.1 Å². The zero-order valence-electron chi connectivity index (χ0n) is 12.5. The van der Waals surface area contributed by atoms with Crippen LogP contribution in [0, 0.1) is 5.82 Å². The molecular formula is C17H18ClFN2O. The van der Waals surface area contributed by atoms with Crippen LogP contribution in [0.25, 0.3) is 0 Å². The van der Waals surface area contributed by atoms with Crippen molar-refractivity contribution in [3.8, 4) is 0 Å². The van der Waals surface area contributed by atoms with Crippen molar-refractivity contribution in [1.82, 2.24) is 5.32 Å². The maximum Gasteiger partial charge on any atom is 0.319 e. The third-order valence-electron chi connectivity index (χ3n) is 3.44. The van der Waals surface area contributed by atoms with Crippen molar-refractivity contribution < 1.29 is 9.18 Å². The van der Waals surface area contributed by atoms with Gasteiger partial charge in [-0.2, -0.15) is 0 Å². The largest absolute Gasteiger partial charge is 0.337 e. The van der Waals surface area contributed by atoms with E-state index in [1.165, 1.54) is 12.1 Å². The molecule has 2 N–H and O–H groups in total. The van der Waals surface area contributed by atoms with Gasteiger partial charge in [0.25, 0.3) is 0 Å². The maximum absolute atomic E-state index is 13.5. The van der Waals surface area contributed by atoms with Crippen LogP contribution >= 0.6 is 11.6 Å². The smallest absolute Gasteiger partial charge is 0.319 e. The van der Waals surface area contributed by atoms with E-state index in [1.54, 1.807) is 12.1 Å². The quantitative estimate of drug-likeness (QED) is 0.850. The first-order valence-electron chi connectivity index (χ1n) is 6.94. The molecule has 2 aromatic rings. The fourth-order valence-electron chi connectivity index (χ4n) is 2.03. The molecular weight excluding hydrogens is 303 g/mol. The third-order valence-corrected chi connectivity index (χ3v) is 3.69. The van der Waals surface area contributed by atoms with Crippen LogP contribution in [0.15, 0.2) is 48.5 Å². The Morgan fingerprint density at radius 3 is 2.41 bits per heavy atom. The van der Waals surface area contributed by atoms with Gasteiger partial charge in [0.05, 0.1) is 5.69 Å². The number of carbonyl (C=O) groups is 1. The minimum Gasteiger partial charge on any atom is -0.337 e. The second kappa shape index (κ2) is 6.79. The second-order valence-corrected chi connectivity index (χ2v) is 6.11. The van der Waals surface area contributed by atoms with E-state index in [0.717, 1.165) is 5.56 Å². The summed E-state index contributed by atoms with van der Waals surface area (Å²) in [5.41, 5.74) is 0.948.